The molecule has 0 radical (unpaired) electrons. The minimum Gasteiger partial charge on any atom is -0.356 e. The van der Waals surface area contributed by atoms with E-state index in [4.69, 9.17) is 0 Å². The molecule has 0 fully saturated rings. The van der Waals surface area contributed by atoms with Crippen molar-refractivity contribution in [3.8, 4) is 22.3 Å². The molecule has 0 bridgehead atoms. The number of aromatic nitrogens is 1. The minimum atomic E-state index is 0.0774. The molecule has 0 amide bonds. The van der Waals surface area contributed by atoms with E-state index >= 15 is 0 Å². The van der Waals surface area contributed by atoms with Gasteiger partial charge in [-0.2, -0.15) is 0 Å². The predicted octanol–water partition coefficient (Wildman–Crippen LogP) is 4.03. The summed E-state index contributed by atoms with van der Waals surface area (Å²) in [5.41, 5.74) is 4.62. The molecule has 0 unspecified atom stereocenters. The first-order valence-corrected chi connectivity index (χ1v) is 6.98. The third-order valence-corrected chi connectivity index (χ3v) is 3.67. The number of aryl methyl sites for hydroxylation is 2. The smallest absolute Gasteiger partial charge is 0.197 e. The second-order valence-corrected chi connectivity index (χ2v) is 5.26. The molecule has 0 atom stereocenters. The molecule has 1 heterocycles. The highest BCUT2D eigenvalue weighted by Crippen LogP contribution is 2.23. The Bertz CT molecular complexity index is 832. The van der Waals surface area contributed by atoms with E-state index in [1.54, 1.807) is 0 Å². The summed E-state index contributed by atoms with van der Waals surface area (Å²) in [6, 6.07) is 17.8. The molecule has 2 heteroatoms. The summed E-state index contributed by atoms with van der Waals surface area (Å²) < 4.78 is 1.95. The molecule has 0 saturated carbocycles. The normalized spacial score (nSPS) is 10.6. The van der Waals surface area contributed by atoms with Crippen LogP contribution in [0.5, 0.6) is 0 Å². The predicted molar refractivity (Wildman–Crippen MR) is 87.3 cm³/mol. The van der Waals surface area contributed by atoms with E-state index in [0.717, 1.165) is 27.8 Å². The Morgan fingerprint density at radius 1 is 0.762 bits per heavy atom. The van der Waals surface area contributed by atoms with Gasteiger partial charge in [0, 0.05) is 30.6 Å². The molecule has 0 spiro atoms. The summed E-state index contributed by atoms with van der Waals surface area (Å²) in [6.45, 7) is 2.03. The van der Waals surface area contributed by atoms with Crippen LogP contribution in [-0.4, -0.2) is 4.57 Å². The molecular formula is C19H17NO. The van der Waals surface area contributed by atoms with Crippen molar-refractivity contribution in [1.29, 1.82) is 0 Å². The first-order chi connectivity index (χ1) is 10.2. The summed E-state index contributed by atoms with van der Waals surface area (Å²) in [6.07, 6.45) is 3.79. The molecule has 3 aromatic rings. The Balaban J connectivity index is 2.28. The Morgan fingerprint density at radius 3 is 2.10 bits per heavy atom. The fourth-order valence-electron chi connectivity index (χ4n) is 2.60. The zero-order chi connectivity index (χ0) is 14.8. The Labute approximate surface area is 124 Å². The van der Waals surface area contributed by atoms with E-state index in [1.807, 2.05) is 85.5 Å². The van der Waals surface area contributed by atoms with Crippen molar-refractivity contribution in [1.82, 2.24) is 4.57 Å². The maximum absolute atomic E-state index is 12.9. The van der Waals surface area contributed by atoms with Crippen LogP contribution in [0.2, 0.25) is 0 Å². The van der Waals surface area contributed by atoms with Crippen LogP contribution in [0.25, 0.3) is 22.3 Å². The zero-order valence-corrected chi connectivity index (χ0v) is 12.2. The lowest BCUT2D eigenvalue weighted by Gasteiger charge is -2.10. The van der Waals surface area contributed by atoms with Crippen LogP contribution < -0.4 is 5.43 Å². The maximum Gasteiger partial charge on any atom is 0.197 e. The van der Waals surface area contributed by atoms with Gasteiger partial charge in [0.1, 0.15) is 0 Å². The van der Waals surface area contributed by atoms with Crippen molar-refractivity contribution in [3.05, 3.63) is 82.8 Å². The first kappa shape index (κ1) is 13.4. The Kier molecular flexibility index (Phi) is 3.44. The van der Waals surface area contributed by atoms with Gasteiger partial charge in [0.2, 0.25) is 0 Å². The van der Waals surface area contributed by atoms with Crippen LogP contribution >= 0.6 is 0 Å². The zero-order valence-electron chi connectivity index (χ0n) is 12.2. The lowest BCUT2D eigenvalue weighted by atomic mass is 9.98. The average Bonchev–Trinajstić information content (AvgIpc) is 2.51. The molecule has 2 nitrogen and oxygen atoms in total. The quantitative estimate of drug-likeness (QED) is 0.692. The van der Waals surface area contributed by atoms with Crippen molar-refractivity contribution < 1.29 is 0 Å². The summed E-state index contributed by atoms with van der Waals surface area (Å²) in [5.74, 6) is 0. The van der Waals surface area contributed by atoms with Crippen molar-refractivity contribution in [2.45, 2.75) is 6.92 Å². The molecule has 0 aliphatic heterocycles. The van der Waals surface area contributed by atoms with Gasteiger partial charge in [0.25, 0.3) is 0 Å². The summed E-state index contributed by atoms with van der Waals surface area (Å²) in [4.78, 5) is 12.9. The van der Waals surface area contributed by atoms with Crippen LogP contribution in [0.4, 0.5) is 0 Å². The third kappa shape index (κ3) is 2.52. The number of rotatable bonds is 2. The van der Waals surface area contributed by atoms with Gasteiger partial charge in [-0.15, -0.1) is 0 Å². The number of nitrogens with zero attached hydrogens (tertiary/aromatic N) is 1. The average molecular weight is 275 g/mol. The largest absolute Gasteiger partial charge is 0.356 e. The van der Waals surface area contributed by atoms with Crippen LogP contribution in [0.15, 0.2) is 71.8 Å². The van der Waals surface area contributed by atoms with E-state index in [1.165, 1.54) is 0 Å². The van der Waals surface area contributed by atoms with E-state index in [9.17, 15) is 4.79 Å². The van der Waals surface area contributed by atoms with Gasteiger partial charge in [-0.1, -0.05) is 54.6 Å². The van der Waals surface area contributed by atoms with E-state index in [-0.39, 0.29) is 5.43 Å². The number of hydrogen-bond acceptors (Lipinski definition) is 1. The van der Waals surface area contributed by atoms with E-state index < -0.39 is 0 Å². The topological polar surface area (TPSA) is 22.0 Å². The molecule has 0 aliphatic carbocycles. The van der Waals surface area contributed by atoms with Gasteiger partial charge < -0.3 is 4.57 Å². The molecule has 3 rings (SSSR count). The molecule has 0 saturated heterocycles. The van der Waals surface area contributed by atoms with E-state index in [0.29, 0.717) is 0 Å². The van der Waals surface area contributed by atoms with Gasteiger partial charge in [-0.05, 0) is 23.6 Å². The third-order valence-electron chi connectivity index (χ3n) is 3.67. The van der Waals surface area contributed by atoms with Gasteiger partial charge in [-0.25, -0.2) is 0 Å². The Morgan fingerprint density at radius 2 is 1.38 bits per heavy atom. The molecule has 0 aliphatic rings. The first-order valence-electron chi connectivity index (χ1n) is 6.98. The van der Waals surface area contributed by atoms with Crippen LogP contribution in [0.3, 0.4) is 0 Å². The Hall–Kier alpha value is -2.61. The summed E-state index contributed by atoms with van der Waals surface area (Å²) >= 11 is 0. The van der Waals surface area contributed by atoms with Crippen molar-refractivity contribution in [2.24, 2.45) is 7.05 Å². The van der Waals surface area contributed by atoms with Crippen molar-refractivity contribution in [2.75, 3.05) is 0 Å². The van der Waals surface area contributed by atoms with Crippen LogP contribution in [-0.2, 0) is 7.05 Å². The second kappa shape index (κ2) is 5.41. The lowest BCUT2D eigenvalue weighted by molar-refractivity contribution is 0.904. The van der Waals surface area contributed by atoms with Crippen LogP contribution in [0.1, 0.15) is 5.56 Å². The molecule has 104 valence electrons. The minimum absolute atomic E-state index is 0.0774. The molecule has 2 aromatic carbocycles. The van der Waals surface area contributed by atoms with Gasteiger partial charge in [0.15, 0.2) is 5.43 Å². The number of benzene rings is 2. The fourth-order valence-corrected chi connectivity index (χ4v) is 2.60. The van der Waals surface area contributed by atoms with Crippen molar-refractivity contribution in [3.63, 3.8) is 0 Å². The molecule has 0 N–H and O–H groups in total. The maximum atomic E-state index is 12.9. The lowest BCUT2D eigenvalue weighted by Crippen LogP contribution is -2.12. The summed E-state index contributed by atoms with van der Waals surface area (Å²) in [7, 11) is 1.95. The molecular weight excluding hydrogens is 258 g/mol. The van der Waals surface area contributed by atoms with E-state index in [2.05, 4.69) is 0 Å². The summed E-state index contributed by atoms with van der Waals surface area (Å²) in [5, 5.41) is 0. The van der Waals surface area contributed by atoms with Crippen molar-refractivity contribution >= 4 is 0 Å². The highest BCUT2D eigenvalue weighted by molar-refractivity contribution is 5.73. The standard InChI is InChI=1S/C19H17NO/c1-14-8-6-7-11-16(14)18-13-20(2)12-17(19(18)21)15-9-4-3-5-10-15/h3-13H,1-2H3. The fraction of sp³-hybridized carbons (Fsp3) is 0.105. The molecule has 1 aromatic heterocycles. The highest BCUT2D eigenvalue weighted by atomic mass is 16.1. The second-order valence-electron chi connectivity index (χ2n) is 5.26. The van der Waals surface area contributed by atoms with Crippen LogP contribution in [0, 0.1) is 6.92 Å². The van der Waals surface area contributed by atoms with Gasteiger partial charge in [-0.3, -0.25) is 4.79 Å². The van der Waals surface area contributed by atoms with Gasteiger partial charge >= 0.3 is 0 Å². The number of pyridine rings is 1. The highest BCUT2D eigenvalue weighted by Gasteiger charge is 2.11. The SMILES string of the molecule is Cc1ccccc1-c1cn(C)cc(-c2ccccc2)c1=O. The molecule has 21 heavy (non-hydrogen) atoms. The van der Waals surface area contributed by atoms with Gasteiger partial charge in [0.05, 0.1) is 0 Å². The number of hydrogen-bond donors (Lipinski definition) is 0. The monoisotopic (exact) mass is 275 g/mol.